The number of likely N-dealkylation sites (tertiary alicyclic amines) is 1. The maximum Gasteiger partial charge on any atom is 0.238 e. The van der Waals surface area contributed by atoms with E-state index in [0.717, 1.165) is 11.3 Å². The molecule has 2 saturated heterocycles. The molecular formula is C17H23N3O3. The van der Waals surface area contributed by atoms with Gasteiger partial charge in [-0.25, -0.2) is 0 Å². The number of nitrogens with one attached hydrogen (secondary N) is 1. The fourth-order valence-corrected chi connectivity index (χ4v) is 2.94. The first-order valence-electron chi connectivity index (χ1n) is 8.07. The summed E-state index contributed by atoms with van der Waals surface area (Å²) in [5, 5.41) is 2.88. The van der Waals surface area contributed by atoms with Crippen LogP contribution >= 0.6 is 0 Å². The second kappa shape index (κ2) is 7.10. The molecule has 6 nitrogen and oxygen atoms in total. The smallest absolute Gasteiger partial charge is 0.238 e. The Kier molecular flexibility index (Phi) is 4.93. The van der Waals surface area contributed by atoms with Gasteiger partial charge in [-0.05, 0) is 19.1 Å². The van der Waals surface area contributed by atoms with Crippen molar-refractivity contribution in [2.45, 2.75) is 6.92 Å². The molecule has 1 aromatic carbocycles. The number of hydrogen-bond donors (Lipinski definition) is 1. The lowest BCUT2D eigenvalue weighted by Crippen LogP contribution is -2.57. The molecule has 3 rings (SSSR count). The maximum atomic E-state index is 12.3. The van der Waals surface area contributed by atoms with Gasteiger partial charge in [0, 0.05) is 31.9 Å². The van der Waals surface area contributed by atoms with Crippen molar-refractivity contribution in [2.75, 3.05) is 51.3 Å². The molecule has 2 heterocycles. The first kappa shape index (κ1) is 16.0. The highest BCUT2D eigenvalue weighted by molar-refractivity contribution is 5.92. The lowest BCUT2D eigenvalue weighted by Gasteiger charge is -2.40. The molecule has 0 spiro atoms. The van der Waals surface area contributed by atoms with Crippen LogP contribution in [-0.2, 0) is 14.3 Å². The molecule has 6 heteroatoms. The molecule has 23 heavy (non-hydrogen) atoms. The summed E-state index contributed by atoms with van der Waals surface area (Å²) in [6, 6.07) is 7.73. The van der Waals surface area contributed by atoms with Crippen LogP contribution < -0.4 is 5.32 Å². The number of rotatable bonds is 4. The van der Waals surface area contributed by atoms with E-state index < -0.39 is 0 Å². The quantitative estimate of drug-likeness (QED) is 0.889. The number of aryl methyl sites for hydroxylation is 1. The Morgan fingerprint density at radius 3 is 2.48 bits per heavy atom. The Bertz CT molecular complexity index is 561. The molecule has 1 aromatic rings. The minimum Gasteiger partial charge on any atom is -0.378 e. The third-order valence-corrected chi connectivity index (χ3v) is 4.33. The second-order valence-electron chi connectivity index (χ2n) is 6.24. The lowest BCUT2D eigenvalue weighted by molar-refractivity contribution is -0.146. The summed E-state index contributed by atoms with van der Waals surface area (Å²) in [6.45, 7) is 6.29. The molecule has 0 aromatic heterocycles. The third kappa shape index (κ3) is 4.09. The van der Waals surface area contributed by atoms with Crippen LogP contribution in [0.1, 0.15) is 5.56 Å². The SMILES string of the molecule is Cc1ccc(NC(=O)CN2CC(C(=O)N3CCOCC3)C2)cc1. The van der Waals surface area contributed by atoms with Crippen molar-refractivity contribution >= 4 is 17.5 Å². The minimum absolute atomic E-state index is 0.0280. The van der Waals surface area contributed by atoms with Crippen molar-refractivity contribution < 1.29 is 14.3 Å². The monoisotopic (exact) mass is 317 g/mol. The average Bonchev–Trinajstić information content (AvgIpc) is 2.53. The van der Waals surface area contributed by atoms with E-state index in [1.165, 1.54) is 0 Å². The minimum atomic E-state index is -0.0360. The molecular weight excluding hydrogens is 294 g/mol. The molecule has 0 bridgehead atoms. The Hall–Kier alpha value is -1.92. The highest BCUT2D eigenvalue weighted by Gasteiger charge is 2.36. The molecule has 2 fully saturated rings. The van der Waals surface area contributed by atoms with Gasteiger partial charge in [-0.3, -0.25) is 14.5 Å². The summed E-state index contributed by atoms with van der Waals surface area (Å²) in [7, 11) is 0. The Morgan fingerprint density at radius 1 is 1.17 bits per heavy atom. The zero-order valence-corrected chi connectivity index (χ0v) is 13.5. The number of carbonyl (C=O) groups is 2. The van der Waals surface area contributed by atoms with Crippen molar-refractivity contribution in [3.05, 3.63) is 29.8 Å². The fraction of sp³-hybridized carbons (Fsp3) is 0.529. The molecule has 2 aliphatic heterocycles. The van der Waals surface area contributed by atoms with Gasteiger partial charge in [0.25, 0.3) is 0 Å². The summed E-state index contributed by atoms with van der Waals surface area (Å²) in [5.74, 6) is 0.190. The Morgan fingerprint density at radius 2 is 1.83 bits per heavy atom. The molecule has 0 unspecified atom stereocenters. The van der Waals surface area contributed by atoms with E-state index in [0.29, 0.717) is 45.9 Å². The number of nitrogens with zero attached hydrogens (tertiary/aromatic N) is 2. The van der Waals surface area contributed by atoms with Gasteiger partial charge in [0.2, 0.25) is 11.8 Å². The number of anilines is 1. The predicted molar refractivity (Wildman–Crippen MR) is 87.1 cm³/mol. The van der Waals surface area contributed by atoms with Gasteiger partial charge >= 0.3 is 0 Å². The number of ether oxygens (including phenoxy) is 1. The van der Waals surface area contributed by atoms with Gasteiger partial charge < -0.3 is 15.0 Å². The molecule has 2 aliphatic rings. The number of benzene rings is 1. The number of morpholine rings is 1. The van der Waals surface area contributed by atoms with Gasteiger partial charge in [0.05, 0.1) is 25.7 Å². The molecule has 0 saturated carbocycles. The van der Waals surface area contributed by atoms with Crippen LogP contribution in [0.5, 0.6) is 0 Å². The highest BCUT2D eigenvalue weighted by atomic mass is 16.5. The first-order chi connectivity index (χ1) is 11.1. The zero-order valence-electron chi connectivity index (χ0n) is 13.5. The van der Waals surface area contributed by atoms with Crippen molar-refractivity contribution in [1.82, 2.24) is 9.80 Å². The van der Waals surface area contributed by atoms with E-state index >= 15 is 0 Å². The van der Waals surface area contributed by atoms with Gasteiger partial charge in [0.15, 0.2) is 0 Å². The summed E-state index contributed by atoms with van der Waals surface area (Å²) in [5.41, 5.74) is 1.97. The molecule has 1 N–H and O–H groups in total. The Labute approximate surface area is 136 Å². The standard InChI is InChI=1S/C17H23N3O3/c1-13-2-4-15(5-3-13)18-16(21)12-19-10-14(11-19)17(22)20-6-8-23-9-7-20/h2-5,14H,6-12H2,1H3,(H,18,21). The summed E-state index contributed by atoms with van der Waals surface area (Å²) in [6.07, 6.45) is 0. The van der Waals surface area contributed by atoms with Crippen LogP contribution in [0, 0.1) is 12.8 Å². The van der Waals surface area contributed by atoms with Crippen LogP contribution in [0.2, 0.25) is 0 Å². The molecule has 2 amide bonds. The Balaban J connectivity index is 1.40. The van der Waals surface area contributed by atoms with E-state index in [4.69, 9.17) is 4.74 Å². The topological polar surface area (TPSA) is 61.9 Å². The maximum absolute atomic E-state index is 12.3. The van der Waals surface area contributed by atoms with Crippen molar-refractivity contribution in [1.29, 1.82) is 0 Å². The third-order valence-electron chi connectivity index (χ3n) is 4.33. The average molecular weight is 317 g/mol. The largest absolute Gasteiger partial charge is 0.378 e. The molecule has 124 valence electrons. The normalized spacial score (nSPS) is 19.3. The summed E-state index contributed by atoms with van der Waals surface area (Å²) in [4.78, 5) is 28.2. The number of carbonyl (C=O) groups excluding carboxylic acids is 2. The number of hydrogen-bond acceptors (Lipinski definition) is 4. The van der Waals surface area contributed by atoms with Gasteiger partial charge in [-0.2, -0.15) is 0 Å². The van der Waals surface area contributed by atoms with Crippen molar-refractivity contribution in [3.8, 4) is 0 Å². The van der Waals surface area contributed by atoms with Crippen molar-refractivity contribution in [3.63, 3.8) is 0 Å². The zero-order chi connectivity index (χ0) is 16.2. The van der Waals surface area contributed by atoms with E-state index in [1.807, 2.05) is 41.0 Å². The molecule has 0 radical (unpaired) electrons. The van der Waals surface area contributed by atoms with E-state index in [1.54, 1.807) is 0 Å². The van der Waals surface area contributed by atoms with E-state index in [9.17, 15) is 9.59 Å². The highest BCUT2D eigenvalue weighted by Crippen LogP contribution is 2.19. The van der Waals surface area contributed by atoms with Gasteiger partial charge in [-0.1, -0.05) is 17.7 Å². The van der Waals surface area contributed by atoms with Crippen LogP contribution in [0.4, 0.5) is 5.69 Å². The van der Waals surface area contributed by atoms with Gasteiger partial charge in [0.1, 0.15) is 0 Å². The van der Waals surface area contributed by atoms with Crippen LogP contribution in [0.3, 0.4) is 0 Å². The van der Waals surface area contributed by atoms with Gasteiger partial charge in [-0.15, -0.1) is 0 Å². The summed E-state index contributed by atoms with van der Waals surface area (Å²) < 4.78 is 5.26. The number of amides is 2. The molecule has 0 atom stereocenters. The lowest BCUT2D eigenvalue weighted by atomic mass is 9.98. The van der Waals surface area contributed by atoms with Crippen LogP contribution in [0.15, 0.2) is 24.3 Å². The fourth-order valence-electron chi connectivity index (χ4n) is 2.94. The van der Waals surface area contributed by atoms with Crippen LogP contribution in [0.25, 0.3) is 0 Å². The van der Waals surface area contributed by atoms with Crippen molar-refractivity contribution in [2.24, 2.45) is 5.92 Å². The first-order valence-corrected chi connectivity index (χ1v) is 8.07. The second-order valence-corrected chi connectivity index (χ2v) is 6.24. The van der Waals surface area contributed by atoms with E-state index in [2.05, 4.69) is 5.32 Å². The van der Waals surface area contributed by atoms with Crippen LogP contribution in [-0.4, -0.2) is 67.6 Å². The molecule has 0 aliphatic carbocycles. The summed E-state index contributed by atoms with van der Waals surface area (Å²) >= 11 is 0. The predicted octanol–water partition coefficient (Wildman–Crippen LogP) is 0.724. The van der Waals surface area contributed by atoms with E-state index in [-0.39, 0.29) is 17.7 Å².